The number of fused-ring (bicyclic) bond motifs is 1. The van der Waals surface area contributed by atoms with Crippen LogP contribution in [0, 0.1) is 22.7 Å². The summed E-state index contributed by atoms with van der Waals surface area (Å²) in [6, 6.07) is 8.36. The van der Waals surface area contributed by atoms with Crippen molar-refractivity contribution in [2.75, 3.05) is 5.32 Å². The number of benzene rings is 1. The molecule has 2 heterocycles. The molecular formula is C34H53N7O. The lowest BCUT2D eigenvalue weighted by Gasteiger charge is -2.56. The average Bonchev–Trinajstić information content (AvgIpc) is 3.46. The average molecular weight is 576 g/mol. The van der Waals surface area contributed by atoms with E-state index in [1.807, 2.05) is 23.2 Å². The number of para-hydroxylation sites is 1. The normalized spacial score (nSPS) is 31.2. The molecule has 4 aliphatic rings. The standard InChI is InChI=1S/C34H53N7O/c1-31(2,3)24-16-20-33(21-17-24,30-36-38-39-40(30)26-12-8-7-9-13-26)37-41-29(42)27-14-10-11-15-28(27)35-34(41)22-18-25(19-23-34)32(4,5)6/h10-11,14-15,24-26,35,37H,7-9,12-13,16-23H2,1-6H3. The Morgan fingerprint density at radius 3 is 2.05 bits per heavy atom. The van der Waals surface area contributed by atoms with Crippen LogP contribution in [0.15, 0.2) is 24.3 Å². The fourth-order valence-electron chi connectivity index (χ4n) is 8.52. The summed E-state index contributed by atoms with van der Waals surface area (Å²) in [5.74, 6) is 2.24. The van der Waals surface area contributed by atoms with Crippen LogP contribution in [0.5, 0.6) is 0 Å². The van der Waals surface area contributed by atoms with Crippen molar-refractivity contribution in [1.82, 2.24) is 30.6 Å². The summed E-state index contributed by atoms with van der Waals surface area (Å²) in [4.78, 5) is 14.5. The zero-order chi connectivity index (χ0) is 29.8. The first-order valence-electron chi connectivity index (χ1n) is 16.7. The molecule has 230 valence electrons. The number of amides is 1. The van der Waals surface area contributed by atoms with Gasteiger partial charge in [-0.3, -0.25) is 4.79 Å². The van der Waals surface area contributed by atoms with Gasteiger partial charge in [0, 0.05) is 5.69 Å². The lowest BCUT2D eigenvalue weighted by Crippen LogP contribution is -2.70. The number of carbonyl (C=O) groups excluding carboxylic acids is 1. The number of hydrogen-bond donors (Lipinski definition) is 2. The number of anilines is 1. The van der Waals surface area contributed by atoms with E-state index < -0.39 is 11.2 Å². The number of carbonyl (C=O) groups is 1. The fraction of sp³-hybridized carbons (Fsp3) is 0.765. The maximum Gasteiger partial charge on any atom is 0.272 e. The monoisotopic (exact) mass is 575 g/mol. The molecule has 1 aromatic carbocycles. The van der Waals surface area contributed by atoms with Crippen LogP contribution in [0.2, 0.25) is 0 Å². The third-order valence-electron chi connectivity index (χ3n) is 11.4. The summed E-state index contributed by atoms with van der Waals surface area (Å²) in [7, 11) is 0. The van der Waals surface area contributed by atoms with Gasteiger partial charge in [0.05, 0.1) is 17.1 Å². The number of nitrogens with zero attached hydrogens (tertiary/aromatic N) is 5. The number of tetrazole rings is 1. The molecule has 1 aromatic heterocycles. The second-order valence-corrected chi connectivity index (χ2v) is 16.1. The molecule has 6 rings (SSSR count). The van der Waals surface area contributed by atoms with Crippen LogP contribution in [0.3, 0.4) is 0 Å². The van der Waals surface area contributed by atoms with Gasteiger partial charge in [-0.05, 0) is 109 Å². The van der Waals surface area contributed by atoms with Crippen molar-refractivity contribution >= 4 is 11.6 Å². The van der Waals surface area contributed by atoms with Crippen LogP contribution in [-0.2, 0) is 5.54 Å². The molecule has 3 fully saturated rings. The van der Waals surface area contributed by atoms with E-state index in [4.69, 9.17) is 5.10 Å². The molecule has 1 amide bonds. The molecule has 0 atom stereocenters. The summed E-state index contributed by atoms with van der Waals surface area (Å²) in [6.07, 6.45) is 14.0. The van der Waals surface area contributed by atoms with Crippen LogP contribution in [-0.4, -0.2) is 36.8 Å². The largest absolute Gasteiger partial charge is 0.361 e. The Labute approximate surface area is 252 Å². The van der Waals surface area contributed by atoms with Crippen molar-refractivity contribution in [1.29, 1.82) is 0 Å². The van der Waals surface area contributed by atoms with Crippen LogP contribution in [0.4, 0.5) is 5.69 Å². The van der Waals surface area contributed by atoms with Crippen molar-refractivity contribution in [2.24, 2.45) is 22.7 Å². The number of hydrogen-bond acceptors (Lipinski definition) is 6. The first-order valence-corrected chi connectivity index (χ1v) is 16.7. The first kappa shape index (κ1) is 29.6. The molecule has 0 saturated heterocycles. The Morgan fingerprint density at radius 1 is 0.833 bits per heavy atom. The van der Waals surface area contributed by atoms with E-state index in [1.54, 1.807) is 0 Å². The first-order chi connectivity index (χ1) is 19.9. The van der Waals surface area contributed by atoms with Crippen molar-refractivity contribution in [3.63, 3.8) is 0 Å². The zero-order valence-corrected chi connectivity index (χ0v) is 26.9. The van der Waals surface area contributed by atoms with Gasteiger partial charge < -0.3 is 5.32 Å². The van der Waals surface area contributed by atoms with E-state index in [0.29, 0.717) is 17.9 Å². The topological polar surface area (TPSA) is 88.0 Å². The number of rotatable bonds is 4. The molecule has 0 bridgehead atoms. The van der Waals surface area contributed by atoms with E-state index in [0.717, 1.165) is 81.3 Å². The summed E-state index contributed by atoms with van der Waals surface area (Å²) in [5.41, 5.74) is 5.19. The van der Waals surface area contributed by atoms with Crippen LogP contribution in [0.25, 0.3) is 0 Å². The van der Waals surface area contributed by atoms with Crippen molar-refractivity contribution in [3.05, 3.63) is 35.7 Å². The molecule has 0 radical (unpaired) electrons. The second kappa shape index (κ2) is 10.9. The van der Waals surface area contributed by atoms with Gasteiger partial charge in [-0.2, -0.15) is 0 Å². The third-order valence-corrected chi connectivity index (χ3v) is 11.4. The summed E-state index contributed by atoms with van der Waals surface area (Å²) in [5, 5.41) is 19.6. The van der Waals surface area contributed by atoms with Gasteiger partial charge in [-0.25, -0.2) is 15.1 Å². The van der Waals surface area contributed by atoms with Gasteiger partial charge in [0.1, 0.15) is 5.66 Å². The zero-order valence-electron chi connectivity index (χ0n) is 26.9. The molecule has 2 aromatic rings. The van der Waals surface area contributed by atoms with Crippen LogP contribution in [0.1, 0.15) is 147 Å². The summed E-state index contributed by atoms with van der Waals surface area (Å²) in [6.45, 7) is 14.2. The molecule has 2 N–H and O–H groups in total. The van der Waals surface area contributed by atoms with E-state index in [2.05, 4.69) is 73.5 Å². The van der Waals surface area contributed by atoms with Crippen molar-refractivity contribution < 1.29 is 4.79 Å². The van der Waals surface area contributed by atoms with Crippen molar-refractivity contribution in [2.45, 2.75) is 142 Å². The minimum Gasteiger partial charge on any atom is -0.361 e. The van der Waals surface area contributed by atoms with E-state index in [1.165, 1.54) is 19.3 Å². The molecule has 8 nitrogen and oxygen atoms in total. The van der Waals surface area contributed by atoms with E-state index in [-0.39, 0.29) is 16.7 Å². The third kappa shape index (κ3) is 5.37. The predicted octanol–water partition coefficient (Wildman–Crippen LogP) is 7.62. The molecule has 1 aliphatic heterocycles. The lowest BCUT2D eigenvalue weighted by atomic mass is 9.67. The van der Waals surface area contributed by atoms with Gasteiger partial charge in [-0.1, -0.05) is 72.9 Å². The predicted molar refractivity (Wildman–Crippen MR) is 167 cm³/mol. The van der Waals surface area contributed by atoms with Crippen molar-refractivity contribution in [3.8, 4) is 0 Å². The minimum absolute atomic E-state index is 0.0626. The van der Waals surface area contributed by atoms with Gasteiger partial charge in [-0.15, -0.1) is 5.10 Å². The highest BCUT2D eigenvalue weighted by atomic mass is 16.2. The number of hydrazine groups is 1. The second-order valence-electron chi connectivity index (χ2n) is 16.1. The maximum absolute atomic E-state index is 14.5. The molecule has 42 heavy (non-hydrogen) atoms. The Balaban J connectivity index is 1.40. The minimum atomic E-state index is -0.500. The Bertz CT molecular complexity index is 1250. The highest BCUT2D eigenvalue weighted by molar-refractivity contribution is 6.02. The summed E-state index contributed by atoms with van der Waals surface area (Å²) < 4.78 is 2.14. The number of aromatic nitrogens is 4. The van der Waals surface area contributed by atoms with Gasteiger partial charge in [0.15, 0.2) is 5.82 Å². The SMILES string of the molecule is CC(C)(C)C1CCC(NN2C(=O)c3ccccc3NC23CCC(C(C)(C)C)CC3)(c2nnnn2C2CCCCC2)CC1. The maximum atomic E-state index is 14.5. The Morgan fingerprint density at radius 2 is 1.43 bits per heavy atom. The van der Waals surface area contributed by atoms with E-state index >= 15 is 0 Å². The molecule has 1 spiro atoms. The Kier molecular flexibility index (Phi) is 7.68. The lowest BCUT2D eigenvalue weighted by molar-refractivity contribution is -0.0388. The fourth-order valence-corrected chi connectivity index (χ4v) is 8.52. The Hall–Kier alpha value is -2.48. The van der Waals surface area contributed by atoms with Crippen LogP contribution < -0.4 is 10.7 Å². The highest BCUT2D eigenvalue weighted by Crippen LogP contribution is 2.50. The van der Waals surface area contributed by atoms with E-state index in [9.17, 15) is 4.79 Å². The van der Waals surface area contributed by atoms with Gasteiger partial charge in [0.2, 0.25) is 0 Å². The van der Waals surface area contributed by atoms with Crippen LogP contribution >= 0.6 is 0 Å². The van der Waals surface area contributed by atoms with Gasteiger partial charge in [0.25, 0.3) is 5.91 Å². The smallest absolute Gasteiger partial charge is 0.272 e. The quantitative estimate of drug-likeness (QED) is 0.390. The summed E-state index contributed by atoms with van der Waals surface area (Å²) >= 11 is 0. The molecular weight excluding hydrogens is 522 g/mol. The molecule has 8 heteroatoms. The molecule has 0 unspecified atom stereocenters. The molecule has 3 saturated carbocycles. The number of nitrogens with one attached hydrogen (secondary N) is 2. The molecule has 3 aliphatic carbocycles. The van der Waals surface area contributed by atoms with Gasteiger partial charge >= 0.3 is 0 Å². The highest BCUT2D eigenvalue weighted by Gasteiger charge is 2.53.